The maximum Gasteiger partial charge on any atom is 0.149 e. The molecule has 13 heavy (non-hydrogen) atoms. The van der Waals surface area contributed by atoms with Crippen LogP contribution in [0.2, 0.25) is 0 Å². The van der Waals surface area contributed by atoms with Gasteiger partial charge in [0.2, 0.25) is 0 Å². The van der Waals surface area contributed by atoms with E-state index in [2.05, 4.69) is 12.0 Å². The van der Waals surface area contributed by atoms with Crippen molar-refractivity contribution < 1.29 is 8.42 Å². The molecule has 0 rings (SSSR count). The SMILES string of the molecule is C=C(CC)CC(CS(C)(=O)=O)NN. The van der Waals surface area contributed by atoms with Crippen molar-refractivity contribution in [3.05, 3.63) is 12.2 Å². The van der Waals surface area contributed by atoms with E-state index in [1.807, 2.05) is 6.92 Å². The summed E-state index contributed by atoms with van der Waals surface area (Å²) in [6.45, 7) is 5.78. The molecule has 4 nitrogen and oxygen atoms in total. The van der Waals surface area contributed by atoms with Crippen LogP contribution in [0.5, 0.6) is 0 Å². The lowest BCUT2D eigenvalue weighted by atomic mass is 10.1. The first-order valence-electron chi connectivity index (χ1n) is 4.19. The third kappa shape index (κ3) is 6.74. The molecule has 0 aromatic heterocycles. The summed E-state index contributed by atoms with van der Waals surface area (Å²) in [6.07, 6.45) is 2.66. The van der Waals surface area contributed by atoms with Crippen LogP contribution in [0.4, 0.5) is 0 Å². The van der Waals surface area contributed by atoms with E-state index in [-0.39, 0.29) is 11.8 Å². The quantitative estimate of drug-likeness (QED) is 0.370. The molecule has 0 heterocycles. The van der Waals surface area contributed by atoms with Crippen molar-refractivity contribution in [1.82, 2.24) is 5.43 Å². The van der Waals surface area contributed by atoms with Crippen LogP contribution in [0.15, 0.2) is 12.2 Å². The molecule has 3 N–H and O–H groups in total. The summed E-state index contributed by atoms with van der Waals surface area (Å²) in [4.78, 5) is 0. The number of nitrogens with two attached hydrogens (primary N) is 1. The maximum atomic E-state index is 10.9. The Morgan fingerprint density at radius 1 is 1.62 bits per heavy atom. The minimum atomic E-state index is -2.97. The van der Waals surface area contributed by atoms with E-state index in [4.69, 9.17) is 5.84 Å². The molecular weight excluding hydrogens is 188 g/mol. The van der Waals surface area contributed by atoms with Crippen LogP contribution in [0, 0.1) is 0 Å². The predicted octanol–water partition coefficient (Wildman–Crippen LogP) is 0.219. The highest BCUT2D eigenvalue weighted by molar-refractivity contribution is 7.90. The number of hydrogen-bond donors (Lipinski definition) is 2. The van der Waals surface area contributed by atoms with E-state index in [1.54, 1.807) is 0 Å². The molecular formula is C8H18N2O2S. The van der Waals surface area contributed by atoms with Gasteiger partial charge in [-0.2, -0.15) is 0 Å². The lowest BCUT2D eigenvalue weighted by Crippen LogP contribution is -2.40. The summed E-state index contributed by atoms with van der Waals surface area (Å²) in [5.74, 6) is 5.29. The zero-order chi connectivity index (χ0) is 10.5. The van der Waals surface area contributed by atoms with Crippen molar-refractivity contribution in [3.8, 4) is 0 Å². The van der Waals surface area contributed by atoms with Crippen LogP contribution < -0.4 is 11.3 Å². The molecule has 0 aliphatic heterocycles. The predicted molar refractivity (Wildman–Crippen MR) is 54.9 cm³/mol. The van der Waals surface area contributed by atoms with E-state index in [1.165, 1.54) is 6.26 Å². The second kappa shape index (κ2) is 5.36. The molecule has 1 unspecified atom stereocenters. The van der Waals surface area contributed by atoms with Crippen molar-refractivity contribution in [2.24, 2.45) is 5.84 Å². The standard InChI is InChI=1S/C8H18N2O2S/c1-4-7(2)5-8(10-9)6-13(3,11)12/h8,10H,2,4-6,9H2,1,3H3. The zero-order valence-corrected chi connectivity index (χ0v) is 9.02. The van der Waals surface area contributed by atoms with Crippen LogP contribution in [-0.4, -0.2) is 26.5 Å². The Morgan fingerprint density at radius 3 is 2.46 bits per heavy atom. The minimum Gasteiger partial charge on any atom is -0.271 e. The van der Waals surface area contributed by atoms with Gasteiger partial charge in [0.15, 0.2) is 0 Å². The van der Waals surface area contributed by atoms with Crippen molar-refractivity contribution in [2.75, 3.05) is 12.0 Å². The first kappa shape index (κ1) is 12.6. The van der Waals surface area contributed by atoms with Crippen molar-refractivity contribution in [1.29, 1.82) is 0 Å². The van der Waals surface area contributed by atoms with E-state index >= 15 is 0 Å². The largest absolute Gasteiger partial charge is 0.271 e. The van der Waals surface area contributed by atoms with E-state index in [0.717, 1.165) is 12.0 Å². The Bertz CT molecular complexity index is 259. The van der Waals surface area contributed by atoms with Gasteiger partial charge in [-0.05, 0) is 12.8 Å². The number of hydrazine groups is 1. The van der Waals surface area contributed by atoms with Crippen LogP contribution in [-0.2, 0) is 9.84 Å². The summed E-state index contributed by atoms with van der Waals surface area (Å²) >= 11 is 0. The van der Waals surface area contributed by atoms with E-state index < -0.39 is 9.84 Å². The third-order valence-corrected chi connectivity index (χ3v) is 2.78. The van der Waals surface area contributed by atoms with Crippen molar-refractivity contribution in [2.45, 2.75) is 25.8 Å². The summed E-state index contributed by atoms with van der Waals surface area (Å²) in [6, 6.07) is -0.220. The van der Waals surface area contributed by atoms with Gasteiger partial charge in [-0.1, -0.05) is 19.1 Å². The summed E-state index contributed by atoms with van der Waals surface area (Å²) in [5.41, 5.74) is 3.49. The lowest BCUT2D eigenvalue weighted by Gasteiger charge is -2.15. The first-order valence-corrected chi connectivity index (χ1v) is 6.25. The van der Waals surface area contributed by atoms with Gasteiger partial charge in [-0.15, -0.1) is 0 Å². The fraction of sp³-hybridized carbons (Fsp3) is 0.750. The molecule has 0 radical (unpaired) electrons. The molecule has 0 aromatic carbocycles. The van der Waals surface area contributed by atoms with Gasteiger partial charge in [-0.3, -0.25) is 11.3 Å². The molecule has 5 heteroatoms. The zero-order valence-electron chi connectivity index (χ0n) is 8.21. The summed E-state index contributed by atoms with van der Waals surface area (Å²) in [5, 5.41) is 0. The van der Waals surface area contributed by atoms with Crippen molar-refractivity contribution in [3.63, 3.8) is 0 Å². The Hall–Kier alpha value is -0.390. The molecule has 0 bridgehead atoms. The molecule has 0 aliphatic carbocycles. The summed E-state index contributed by atoms with van der Waals surface area (Å²) in [7, 11) is -2.97. The molecule has 0 saturated heterocycles. The smallest absolute Gasteiger partial charge is 0.149 e. The number of hydrogen-bond acceptors (Lipinski definition) is 4. The van der Waals surface area contributed by atoms with Crippen molar-refractivity contribution >= 4 is 9.84 Å². The molecule has 0 aromatic rings. The Morgan fingerprint density at radius 2 is 2.15 bits per heavy atom. The molecule has 0 aliphatic rings. The van der Waals surface area contributed by atoms with E-state index in [9.17, 15) is 8.42 Å². The van der Waals surface area contributed by atoms with E-state index in [0.29, 0.717) is 6.42 Å². The average Bonchev–Trinajstić information content (AvgIpc) is 2.00. The van der Waals surface area contributed by atoms with Crippen LogP contribution in [0.3, 0.4) is 0 Å². The number of nitrogens with one attached hydrogen (secondary N) is 1. The molecule has 0 spiro atoms. The van der Waals surface area contributed by atoms with Gasteiger partial charge in [0, 0.05) is 12.3 Å². The monoisotopic (exact) mass is 206 g/mol. The number of sulfone groups is 1. The normalized spacial score (nSPS) is 14.1. The second-order valence-corrected chi connectivity index (χ2v) is 5.45. The third-order valence-electron chi connectivity index (χ3n) is 1.77. The maximum absolute atomic E-state index is 10.9. The van der Waals surface area contributed by atoms with Gasteiger partial charge in [0.1, 0.15) is 9.84 Å². The van der Waals surface area contributed by atoms with Gasteiger partial charge < -0.3 is 0 Å². The van der Waals surface area contributed by atoms with Gasteiger partial charge in [0.05, 0.1) is 5.75 Å². The highest BCUT2D eigenvalue weighted by atomic mass is 32.2. The first-order chi connectivity index (χ1) is 5.89. The topological polar surface area (TPSA) is 72.2 Å². The highest BCUT2D eigenvalue weighted by Crippen LogP contribution is 2.07. The summed E-state index contributed by atoms with van der Waals surface area (Å²) < 4.78 is 21.9. The fourth-order valence-corrected chi connectivity index (χ4v) is 1.97. The highest BCUT2D eigenvalue weighted by Gasteiger charge is 2.14. The van der Waals surface area contributed by atoms with Gasteiger partial charge in [-0.25, -0.2) is 8.42 Å². The Kier molecular flexibility index (Phi) is 5.20. The van der Waals surface area contributed by atoms with Crippen LogP contribution in [0.1, 0.15) is 19.8 Å². The lowest BCUT2D eigenvalue weighted by molar-refractivity contribution is 0.541. The Balaban J connectivity index is 4.13. The Labute approximate surface area is 80.1 Å². The molecule has 78 valence electrons. The second-order valence-electron chi connectivity index (χ2n) is 3.26. The molecule has 1 atom stereocenters. The molecule has 0 saturated carbocycles. The average molecular weight is 206 g/mol. The van der Waals surface area contributed by atoms with Gasteiger partial charge in [0.25, 0.3) is 0 Å². The van der Waals surface area contributed by atoms with Crippen LogP contribution >= 0.6 is 0 Å². The number of rotatable bonds is 6. The fourth-order valence-electron chi connectivity index (χ4n) is 1.02. The van der Waals surface area contributed by atoms with Crippen LogP contribution in [0.25, 0.3) is 0 Å². The molecule has 0 amide bonds. The van der Waals surface area contributed by atoms with Gasteiger partial charge >= 0.3 is 0 Å². The minimum absolute atomic E-state index is 0.0581. The molecule has 0 fully saturated rings.